The predicted molar refractivity (Wildman–Crippen MR) is 85.8 cm³/mol. The van der Waals surface area contributed by atoms with E-state index >= 15 is 0 Å². The number of benzene rings is 1. The molecular formula is C15H18F3N3O4S. The highest BCUT2D eigenvalue weighted by molar-refractivity contribution is 7.89. The van der Waals surface area contributed by atoms with Crippen LogP contribution in [-0.4, -0.2) is 56.9 Å². The first-order valence-electron chi connectivity index (χ1n) is 7.70. The molecular weight excluding hydrogens is 375 g/mol. The van der Waals surface area contributed by atoms with Crippen LogP contribution in [0.3, 0.4) is 0 Å². The van der Waals surface area contributed by atoms with Crippen molar-refractivity contribution in [3.05, 3.63) is 29.8 Å². The minimum Gasteiger partial charge on any atom is -0.352 e. The van der Waals surface area contributed by atoms with Crippen LogP contribution in [0.4, 0.5) is 13.2 Å². The highest BCUT2D eigenvalue weighted by atomic mass is 32.2. The van der Waals surface area contributed by atoms with E-state index in [4.69, 9.17) is 0 Å². The third-order valence-corrected chi connectivity index (χ3v) is 5.40. The molecule has 144 valence electrons. The van der Waals surface area contributed by atoms with Gasteiger partial charge >= 0.3 is 6.18 Å². The molecule has 2 N–H and O–H groups in total. The van der Waals surface area contributed by atoms with Crippen LogP contribution in [0.1, 0.15) is 23.2 Å². The van der Waals surface area contributed by atoms with Crippen molar-refractivity contribution in [2.45, 2.75) is 30.0 Å². The van der Waals surface area contributed by atoms with E-state index in [-0.39, 0.29) is 23.0 Å². The summed E-state index contributed by atoms with van der Waals surface area (Å²) < 4.78 is 62.0. The van der Waals surface area contributed by atoms with Crippen molar-refractivity contribution in [3.63, 3.8) is 0 Å². The molecule has 7 nitrogen and oxygen atoms in total. The van der Waals surface area contributed by atoms with Crippen LogP contribution in [0.25, 0.3) is 0 Å². The van der Waals surface area contributed by atoms with Gasteiger partial charge in [-0.25, -0.2) is 8.42 Å². The smallest absolute Gasteiger partial charge is 0.352 e. The summed E-state index contributed by atoms with van der Waals surface area (Å²) in [6.07, 6.45) is -2.79. The third-order valence-electron chi connectivity index (χ3n) is 3.58. The molecule has 0 saturated heterocycles. The zero-order valence-electron chi connectivity index (χ0n) is 13.8. The number of rotatable bonds is 7. The number of alkyl halides is 3. The third kappa shape index (κ3) is 5.70. The fraction of sp³-hybridized carbons (Fsp3) is 0.467. The van der Waals surface area contributed by atoms with Gasteiger partial charge in [-0.3, -0.25) is 9.59 Å². The summed E-state index contributed by atoms with van der Waals surface area (Å²) in [6, 6.07) is 4.53. The van der Waals surface area contributed by atoms with Gasteiger partial charge in [-0.1, -0.05) is 0 Å². The van der Waals surface area contributed by atoms with Crippen molar-refractivity contribution >= 4 is 21.8 Å². The number of nitrogens with zero attached hydrogens (tertiary/aromatic N) is 1. The highest BCUT2D eigenvalue weighted by Crippen LogP contribution is 2.19. The Hall–Kier alpha value is -2.14. The average Bonchev–Trinajstić information content (AvgIpc) is 3.35. The molecule has 1 aliphatic carbocycles. The standard InChI is InChI=1S/C15H18F3N3O4S/c1-21(8-13(22)20-11-4-5-11)26(24,25)12-6-2-10(3-7-12)14(23)19-9-15(16,17)18/h2-3,6-7,11H,4-5,8-9H2,1H3,(H,19,23)(H,20,22). The fourth-order valence-corrected chi connectivity index (χ4v) is 3.16. The predicted octanol–water partition coefficient (Wildman–Crippen LogP) is 0.878. The Balaban J connectivity index is 2.00. The Kier molecular flexibility index (Phi) is 5.91. The minimum atomic E-state index is -4.54. The number of likely N-dealkylation sites (N-methyl/N-ethyl adjacent to an activating group) is 1. The number of hydrogen-bond acceptors (Lipinski definition) is 4. The Morgan fingerprint density at radius 2 is 1.77 bits per heavy atom. The lowest BCUT2D eigenvalue weighted by atomic mass is 10.2. The second-order valence-electron chi connectivity index (χ2n) is 5.93. The number of hydrogen-bond donors (Lipinski definition) is 2. The summed E-state index contributed by atoms with van der Waals surface area (Å²) in [5.41, 5.74) is -0.109. The van der Waals surface area contributed by atoms with Crippen molar-refractivity contribution in [1.82, 2.24) is 14.9 Å². The number of carbonyl (C=O) groups excluding carboxylic acids is 2. The van der Waals surface area contributed by atoms with Crippen molar-refractivity contribution in [2.24, 2.45) is 0 Å². The zero-order valence-corrected chi connectivity index (χ0v) is 14.7. The number of sulfonamides is 1. The van der Waals surface area contributed by atoms with E-state index in [2.05, 4.69) is 5.32 Å². The van der Waals surface area contributed by atoms with Gasteiger partial charge in [0.1, 0.15) is 6.54 Å². The van der Waals surface area contributed by atoms with Crippen molar-refractivity contribution in [2.75, 3.05) is 20.1 Å². The molecule has 0 aliphatic heterocycles. The van der Waals surface area contributed by atoms with Gasteiger partial charge in [0.05, 0.1) is 11.4 Å². The topological polar surface area (TPSA) is 95.6 Å². The minimum absolute atomic E-state index is 0.105. The van der Waals surface area contributed by atoms with Gasteiger partial charge in [0.2, 0.25) is 15.9 Å². The first-order valence-corrected chi connectivity index (χ1v) is 9.14. The molecule has 1 saturated carbocycles. The van der Waals surface area contributed by atoms with Gasteiger partial charge in [0.25, 0.3) is 5.91 Å². The number of carbonyl (C=O) groups is 2. The van der Waals surface area contributed by atoms with E-state index in [1.165, 1.54) is 7.05 Å². The van der Waals surface area contributed by atoms with Crippen LogP contribution in [0.5, 0.6) is 0 Å². The molecule has 1 aliphatic rings. The van der Waals surface area contributed by atoms with E-state index in [9.17, 15) is 31.2 Å². The van der Waals surface area contributed by atoms with Crippen LogP contribution in [0.15, 0.2) is 29.2 Å². The van der Waals surface area contributed by atoms with Crippen molar-refractivity contribution in [1.29, 1.82) is 0 Å². The van der Waals surface area contributed by atoms with Gasteiger partial charge in [-0.2, -0.15) is 17.5 Å². The second-order valence-corrected chi connectivity index (χ2v) is 7.97. The summed E-state index contributed by atoms with van der Waals surface area (Å²) in [6.45, 7) is -1.84. The van der Waals surface area contributed by atoms with E-state index in [1.807, 2.05) is 0 Å². The first kappa shape index (κ1) is 20.2. The summed E-state index contributed by atoms with van der Waals surface area (Å²) in [5.74, 6) is -1.38. The van der Waals surface area contributed by atoms with Crippen LogP contribution in [-0.2, 0) is 14.8 Å². The number of amides is 2. The Labute approximate surface area is 148 Å². The van der Waals surface area contributed by atoms with Gasteiger partial charge in [0, 0.05) is 18.7 Å². The molecule has 1 aromatic carbocycles. The van der Waals surface area contributed by atoms with Crippen LogP contribution in [0.2, 0.25) is 0 Å². The summed E-state index contributed by atoms with van der Waals surface area (Å²) >= 11 is 0. The van der Waals surface area contributed by atoms with E-state index < -0.39 is 34.6 Å². The van der Waals surface area contributed by atoms with Crippen LogP contribution in [0, 0.1) is 0 Å². The highest BCUT2D eigenvalue weighted by Gasteiger charge is 2.29. The Morgan fingerprint density at radius 1 is 1.19 bits per heavy atom. The zero-order chi connectivity index (χ0) is 19.5. The second kappa shape index (κ2) is 7.62. The maximum absolute atomic E-state index is 12.4. The maximum atomic E-state index is 12.4. The van der Waals surface area contributed by atoms with Crippen LogP contribution >= 0.6 is 0 Å². The van der Waals surface area contributed by atoms with Crippen LogP contribution < -0.4 is 10.6 Å². The SMILES string of the molecule is CN(CC(=O)NC1CC1)S(=O)(=O)c1ccc(C(=O)NCC(F)(F)F)cc1. The molecule has 11 heteroatoms. The normalized spacial score (nSPS) is 15.0. The number of nitrogens with one attached hydrogen (secondary N) is 2. The molecule has 0 radical (unpaired) electrons. The lowest BCUT2D eigenvalue weighted by Crippen LogP contribution is -2.39. The molecule has 0 spiro atoms. The monoisotopic (exact) mass is 393 g/mol. The fourth-order valence-electron chi connectivity index (χ4n) is 2.03. The van der Waals surface area contributed by atoms with Gasteiger partial charge in [-0.05, 0) is 37.1 Å². The van der Waals surface area contributed by atoms with E-state index in [0.29, 0.717) is 0 Å². The van der Waals surface area contributed by atoms with Gasteiger partial charge < -0.3 is 10.6 Å². The Morgan fingerprint density at radius 3 is 2.27 bits per heavy atom. The molecule has 0 aromatic heterocycles. The first-order chi connectivity index (χ1) is 12.0. The molecule has 0 atom stereocenters. The molecule has 26 heavy (non-hydrogen) atoms. The average molecular weight is 393 g/mol. The van der Waals surface area contributed by atoms with E-state index in [1.54, 1.807) is 5.32 Å². The maximum Gasteiger partial charge on any atom is 0.405 e. The molecule has 1 aromatic rings. The van der Waals surface area contributed by atoms with Crippen molar-refractivity contribution < 1.29 is 31.2 Å². The lowest BCUT2D eigenvalue weighted by molar-refractivity contribution is -0.123. The lowest BCUT2D eigenvalue weighted by Gasteiger charge is -2.17. The molecule has 2 amide bonds. The quantitative estimate of drug-likeness (QED) is 0.719. The number of halogens is 3. The van der Waals surface area contributed by atoms with Crippen molar-refractivity contribution in [3.8, 4) is 0 Å². The summed E-state index contributed by atoms with van der Waals surface area (Å²) in [5, 5.41) is 4.36. The summed E-state index contributed by atoms with van der Waals surface area (Å²) in [4.78, 5) is 23.2. The Bertz CT molecular complexity index is 774. The molecule has 0 heterocycles. The molecule has 0 unspecified atom stereocenters. The largest absolute Gasteiger partial charge is 0.405 e. The molecule has 1 fully saturated rings. The van der Waals surface area contributed by atoms with Gasteiger partial charge in [0.15, 0.2) is 0 Å². The van der Waals surface area contributed by atoms with E-state index in [0.717, 1.165) is 41.4 Å². The molecule has 2 rings (SSSR count). The van der Waals surface area contributed by atoms with Gasteiger partial charge in [-0.15, -0.1) is 0 Å². The summed E-state index contributed by atoms with van der Waals surface area (Å²) in [7, 11) is -2.72. The molecule has 0 bridgehead atoms.